The molecule has 0 unspecified atom stereocenters. The lowest BCUT2D eigenvalue weighted by molar-refractivity contribution is -0.116. The van der Waals surface area contributed by atoms with E-state index in [1.807, 2.05) is 19.1 Å². The number of nitrogens with one attached hydrogen (secondary N) is 1. The van der Waals surface area contributed by atoms with E-state index >= 15 is 0 Å². The number of benzene rings is 2. The zero-order valence-corrected chi connectivity index (χ0v) is 17.7. The Labute approximate surface area is 174 Å². The molecule has 2 aromatic rings. The highest BCUT2D eigenvalue weighted by Crippen LogP contribution is 2.29. The van der Waals surface area contributed by atoms with Gasteiger partial charge in [0.2, 0.25) is 5.91 Å². The molecule has 29 heavy (non-hydrogen) atoms. The van der Waals surface area contributed by atoms with Crippen molar-refractivity contribution in [1.29, 1.82) is 5.26 Å². The molecule has 1 saturated heterocycles. The lowest BCUT2D eigenvalue weighted by atomic mass is 9.89. The number of carbonyl (C=O) groups excluding carboxylic acids is 1. The van der Waals surface area contributed by atoms with Gasteiger partial charge in [0.1, 0.15) is 0 Å². The second kappa shape index (κ2) is 9.71. The third kappa shape index (κ3) is 5.92. The summed E-state index contributed by atoms with van der Waals surface area (Å²) in [6.45, 7) is 9.20. The van der Waals surface area contributed by atoms with Crippen molar-refractivity contribution >= 4 is 11.6 Å². The zero-order chi connectivity index (χ0) is 20.8. The van der Waals surface area contributed by atoms with E-state index in [-0.39, 0.29) is 5.91 Å². The van der Waals surface area contributed by atoms with Crippen molar-refractivity contribution in [2.24, 2.45) is 5.92 Å². The van der Waals surface area contributed by atoms with Gasteiger partial charge in [-0.15, -0.1) is 0 Å². The molecule has 1 aliphatic heterocycles. The van der Waals surface area contributed by atoms with Gasteiger partial charge in [-0.25, -0.2) is 0 Å². The molecule has 0 radical (unpaired) electrons. The van der Waals surface area contributed by atoms with Crippen LogP contribution in [0.5, 0.6) is 0 Å². The van der Waals surface area contributed by atoms with Crippen LogP contribution in [0.1, 0.15) is 61.3 Å². The Balaban J connectivity index is 1.56. The van der Waals surface area contributed by atoms with E-state index < -0.39 is 0 Å². The van der Waals surface area contributed by atoms with Crippen LogP contribution < -0.4 is 5.32 Å². The first-order valence-electron chi connectivity index (χ1n) is 10.6. The minimum Gasteiger partial charge on any atom is -0.326 e. The van der Waals surface area contributed by atoms with Crippen LogP contribution in [0.4, 0.5) is 5.69 Å². The van der Waals surface area contributed by atoms with E-state index in [1.165, 1.54) is 11.1 Å². The fourth-order valence-corrected chi connectivity index (χ4v) is 3.99. The standard InChI is InChI=1S/C25H31N3O/c1-18(2)14-25(29)27-24-15-21(5-4-19(24)3)17-28-12-10-23(11-13-28)22-8-6-20(16-26)7-9-22/h4-9,15,18,23H,10-14,17H2,1-3H3,(H,27,29). The van der Waals surface area contributed by atoms with Crippen LogP contribution in [-0.2, 0) is 11.3 Å². The largest absolute Gasteiger partial charge is 0.326 e. The Bertz CT molecular complexity index is 872. The van der Waals surface area contributed by atoms with E-state index in [2.05, 4.69) is 60.5 Å². The molecule has 3 rings (SSSR count). The molecular weight excluding hydrogens is 358 g/mol. The maximum Gasteiger partial charge on any atom is 0.224 e. The van der Waals surface area contributed by atoms with Gasteiger partial charge < -0.3 is 5.32 Å². The minimum atomic E-state index is 0.0866. The molecule has 152 valence electrons. The topological polar surface area (TPSA) is 56.1 Å². The number of hydrogen-bond acceptors (Lipinski definition) is 3. The molecule has 1 amide bonds. The number of aryl methyl sites for hydroxylation is 1. The molecule has 0 aliphatic carbocycles. The molecule has 0 saturated carbocycles. The number of anilines is 1. The Hall–Kier alpha value is -2.64. The summed E-state index contributed by atoms with van der Waals surface area (Å²) in [4.78, 5) is 14.6. The number of nitrogens with zero attached hydrogens (tertiary/aromatic N) is 2. The van der Waals surface area contributed by atoms with E-state index in [0.29, 0.717) is 18.3 Å². The second-order valence-corrected chi connectivity index (χ2v) is 8.58. The fraction of sp³-hybridized carbons (Fsp3) is 0.440. The normalized spacial score (nSPS) is 15.3. The van der Waals surface area contributed by atoms with Gasteiger partial charge in [-0.05, 0) is 79.6 Å². The lowest BCUT2D eigenvalue weighted by Gasteiger charge is -2.32. The number of nitriles is 1. The first-order valence-corrected chi connectivity index (χ1v) is 10.6. The predicted octanol–water partition coefficient (Wildman–Crippen LogP) is 5.23. The van der Waals surface area contributed by atoms with Crippen molar-refractivity contribution in [1.82, 2.24) is 4.90 Å². The number of carbonyl (C=O) groups is 1. The van der Waals surface area contributed by atoms with Crippen LogP contribution in [0.3, 0.4) is 0 Å². The SMILES string of the molecule is Cc1ccc(CN2CCC(c3ccc(C#N)cc3)CC2)cc1NC(=O)CC(C)C. The van der Waals surface area contributed by atoms with Crippen LogP contribution >= 0.6 is 0 Å². The molecule has 0 atom stereocenters. The van der Waals surface area contributed by atoms with E-state index in [9.17, 15) is 4.79 Å². The monoisotopic (exact) mass is 389 g/mol. The summed E-state index contributed by atoms with van der Waals surface area (Å²) in [5.41, 5.74) is 5.34. The van der Waals surface area contributed by atoms with E-state index in [4.69, 9.17) is 5.26 Å². The molecule has 2 aromatic carbocycles. The van der Waals surface area contributed by atoms with Gasteiger partial charge in [0, 0.05) is 18.7 Å². The highest BCUT2D eigenvalue weighted by atomic mass is 16.1. The van der Waals surface area contributed by atoms with Gasteiger partial charge in [-0.1, -0.05) is 38.1 Å². The first-order chi connectivity index (χ1) is 13.9. The number of likely N-dealkylation sites (tertiary alicyclic amines) is 1. The van der Waals surface area contributed by atoms with Gasteiger partial charge in [-0.3, -0.25) is 9.69 Å². The van der Waals surface area contributed by atoms with Crippen molar-refractivity contribution < 1.29 is 4.79 Å². The fourth-order valence-electron chi connectivity index (χ4n) is 3.99. The predicted molar refractivity (Wildman–Crippen MR) is 118 cm³/mol. The van der Waals surface area contributed by atoms with E-state index in [0.717, 1.165) is 49.3 Å². The number of piperidine rings is 1. The summed E-state index contributed by atoms with van der Waals surface area (Å²) in [6, 6.07) is 16.6. The Morgan fingerprint density at radius 2 is 1.86 bits per heavy atom. The lowest BCUT2D eigenvalue weighted by Crippen LogP contribution is -2.32. The summed E-state index contributed by atoms with van der Waals surface area (Å²) in [6.07, 6.45) is 2.82. The van der Waals surface area contributed by atoms with Crippen LogP contribution in [0, 0.1) is 24.2 Å². The molecule has 1 N–H and O–H groups in total. The second-order valence-electron chi connectivity index (χ2n) is 8.58. The Morgan fingerprint density at radius 1 is 1.17 bits per heavy atom. The molecule has 4 heteroatoms. The average molecular weight is 390 g/mol. The molecule has 0 aromatic heterocycles. The van der Waals surface area contributed by atoms with E-state index in [1.54, 1.807) is 0 Å². The van der Waals surface area contributed by atoms with Crippen molar-refractivity contribution in [3.05, 3.63) is 64.7 Å². The Kier molecular flexibility index (Phi) is 7.06. The van der Waals surface area contributed by atoms with Crippen LogP contribution in [0.15, 0.2) is 42.5 Å². The quantitative estimate of drug-likeness (QED) is 0.736. The smallest absolute Gasteiger partial charge is 0.224 e. The minimum absolute atomic E-state index is 0.0866. The van der Waals surface area contributed by atoms with Crippen molar-refractivity contribution in [3.63, 3.8) is 0 Å². The third-order valence-electron chi connectivity index (χ3n) is 5.67. The summed E-state index contributed by atoms with van der Waals surface area (Å²) < 4.78 is 0. The van der Waals surface area contributed by atoms with Gasteiger partial charge in [0.25, 0.3) is 0 Å². The summed E-state index contributed by atoms with van der Waals surface area (Å²) >= 11 is 0. The maximum absolute atomic E-state index is 12.1. The summed E-state index contributed by atoms with van der Waals surface area (Å²) in [5.74, 6) is 1.02. The van der Waals surface area contributed by atoms with Crippen LogP contribution in [0.25, 0.3) is 0 Å². The molecule has 4 nitrogen and oxygen atoms in total. The van der Waals surface area contributed by atoms with Gasteiger partial charge in [-0.2, -0.15) is 5.26 Å². The number of hydrogen-bond donors (Lipinski definition) is 1. The number of rotatable bonds is 6. The number of amides is 1. The highest BCUT2D eigenvalue weighted by molar-refractivity contribution is 5.91. The molecule has 0 spiro atoms. The Morgan fingerprint density at radius 3 is 2.48 bits per heavy atom. The molecule has 0 bridgehead atoms. The van der Waals surface area contributed by atoms with Gasteiger partial charge in [0.15, 0.2) is 0 Å². The molecular formula is C25H31N3O. The molecule has 1 fully saturated rings. The van der Waals surface area contributed by atoms with Gasteiger partial charge in [0.05, 0.1) is 11.6 Å². The van der Waals surface area contributed by atoms with Crippen LogP contribution in [-0.4, -0.2) is 23.9 Å². The average Bonchev–Trinajstić information content (AvgIpc) is 2.70. The third-order valence-corrected chi connectivity index (χ3v) is 5.67. The summed E-state index contributed by atoms with van der Waals surface area (Å²) in [7, 11) is 0. The maximum atomic E-state index is 12.1. The first kappa shape index (κ1) is 21.1. The van der Waals surface area contributed by atoms with Crippen molar-refractivity contribution in [3.8, 4) is 6.07 Å². The van der Waals surface area contributed by atoms with Crippen molar-refractivity contribution in [2.45, 2.75) is 52.5 Å². The van der Waals surface area contributed by atoms with Gasteiger partial charge >= 0.3 is 0 Å². The zero-order valence-electron chi connectivity index (χ0n) is 17.7. The van der Waals surface area contributed by atoms with Crippen LogP contribution in [0.2, 0.25) is 0 Å². The van der Waals surface area contributed by atoms with Crippen molar-refractivity contribution in [2.75, 3.05) is 18.4 Å². The molecule has 1 heterocycles. The highest BCUT2D eigenvalue weighted by Gasteiger charge is 2.21. The summed E-state index contributed by atoms with van der Waals surface area (Å²) in [5, 5.41) is 12.0. The molecule has 1 aliphatic rings.